The number of benzene rings is 2. The molecule has 14 heteroatoms. The molecule has 1 unspecified atom stereocenters. The average molecular weight is 532 g/mol. The molecule has 0 radical (unpaired) electrons. The van der Waals surface area contributed by atoms with Gasteiger partial charge in [0.15, 0.2) is 0 Å². The Morgan fingerprint density at radius 3 is 2.35 bits per heavy atom. The van der Waals surface area contributed by atoms with Crippen LogP contribution in [0.5, 0.6) is 5.88 Å². The molecule has 0 amide bonds. The van der Waals surface area contributed by atoms with Gasteiger partial charge < -0.3 is 4.74 Å². The summed E-state index contributed by atoms with van der Waals surface area (Å²) < 4.78 is 76.1. The van der Waals surface area contributed by atoms with E-state index in [4.69, 9.17) is 27.9 Å². The second-order valence-corrected chi connectivity index (χ2v) is 9.45. The van der Waals surface area contributed by atoms with Gasteiger partial charge in [0.25, 0.3) is 15.9 Å². The molecule has 0 saturated heterocycles. The van der Waals surface area contributed by atoms with Crippen LogP contribution in [0.25, 0.3) is 11.0 Å². The number of halogens is 5. The van der Waals surface area contributed by atoms with Crippen molar-refractivity contribution in [3.8, 4) is 5.88 Å². The molecule has 0 saturated carbocycles. The Morgan fingerprint density at radius 2 is 1.74 bits per heavy atom. The standard InChI is InChI=1S/C20H14Cl2F3N5O3S/c1-30-10-11(9-26-30)17(20(23,24)25)33-19-18(27-13-6-2-3-7-14(13)28-19)29-34(31,32)15-8-4-5-12(21)16(15)22/h2-10,17H,1H3,(H,27,29). The maximum Gasteiger partial charge on any atom is 0.429 e. The van der Waals surface area contributed by atoms with Crippen LogP contribution in [0.4, 0.5) is 19.0 Å². The summed E-state index contributed by atoms with van der Waals surface area (Å²) in [5.41, 5.74) is 0.0969. The van der Waals surface area contributed by atoms with E-state index in [1.165, 1.54) is 42.1 Å². The van der Waals surface area contributed by atoms with Crippen molar-refractivity contribution >= 4 is 50.1 Å². The highest BCUT2D eigenvalue weighted by molar-refractivity contribution is 7.92. The lowest BCUT2D eigenvalue weighted by molar-refractivity contribution is -0.198. The Morgan fingerprint density at radius 1 is 1.06 bits per heavy atom. The van der Waals surface area contributed by atoms with Gasteiger partial charge in [-0.15, -0.1) is 0 Å². The number of ether oxygens (including phenoxy) is 1. The van der Waals surface area contributed by atoms with E-state index in [9.17, 15) is 21.6 Å². The molecular formula is C20H14Cl2F3N5O3S. The molecule has 0 spiro atoms. The van der Waals surface area contributed by atoms with Crippen LogP contribution in [0.15, 0.2) is 59.8 Å². The number of hydrogen-bond donors (Lipinski definition) is 1. The number of sulfonamides is 1. The summed E-state index contributed by atoms with van der Waals surface area (Å²) in [6.45, 7) is 0. The molecule has 2 heterocycles. The zero-order chi connectivity index (χ0) is 24.7. The molecule has 0 aliphatic carbocycles. The van der Waals surface area contributed by atoms with Crippen molar-refractivity contribution < 1.29 is 26.3 Å². The van der Waals surface area contributed by atoms with E-state index in [2.05, 4.69) is 19.8 Å². The van der Waals surface area contributed by atoms with Crippen LogP contribution >= 0.6 is 23.2 Å². The number of nitrogens with zero attached hydrogens (tertiary/aromatic N) is 4. The topological polar surface area (TPSA) is 99.0 Å². The van der Waals surface area contributed by atoms with Crippen molar-refractivity contribution in [2.45, 2.75) is 17.2 Å². The van der Waals surface area contributed by atoms with Crippen LogP contribution in [0, 0.1) is 0 Å². The molecule has 8 nitrogen and oxygen atoms in total. The van der Waals surface area contributed by atoms with Crippen LogP contribution in [0.3, 0.4) is 0 Å². The number of fused-ring (bicyclic) bond motifs is 1. The van der Waals surface area contributed by atoms with Crippen molar-refractivity contribution in [2.75, 3.05) is 4.72 Å². The molecule has 1 atom stereocenters. The first-order chi connectivity index (χ1) is 16.0. The van der Waals surface area contributed by atoms with Gasteiger partial charge in [0.1, 0.15) is 4.90 Å². The number of aromatic nitrogens is 4. The molecule has 4 rings (SSSR count). The van der Waals surface area contributed by atoms with E-state index in [1.807, 2.05) is 0 Å². The number of aryl methyl sites for hydroxylation is 1. The lowest BCUT2D eigenvalue weighted by Gasteiger charge is -2.21. The number of alkyl halides is 3. The monoisotopic (exact) mass is 531 g/mol. The molecule has 1 N–H and O–H groups in total. The maximum absolute atomic E-state index is 13.9. The molecule has 0 aliphatic heterocycles. The minimum Gasteiger partial charge on any atom is -0.457 e. The number of hydrogen-bond acceptors (Lipinski definition) is 6. The van der Waals surface area contributed by atoms with Gasteiger partial charge in [-0.3, -0.25) is 9.40 Å². The van der Waals surface area contributed by atoms with Crippen molar-refractivity contribution in [1.82, 2.24) is 19.7 Å². The van der Waals surface area contributed by atoms with Gasteiger partial charge in [-0.2, -0.15) is 18.3 Å². The predicted molar refractivity (Wildman–Crippen MR) is 119 cm³/mol. The summed E-state index contributed by atoms with van der Waals surface area (Å²) >= 11 is 11.9. The Labute approximate surface area is 201 Å². The first kappa shape index (κ1) is 24.0. The van der Waals surface area contributed by atoms with Crippen LogP contribution in [-0.4, -0.2) is 34.3 Å². The third kappa shape index (κ3) is 4.88. The van der Waals surface area contributed by atoms with E-state index >= 15 is 0 Å². The van der Waals surface area contributed by atoms with E-state index in [-0.39, 0.29) is 26.6 Å². The fourth-order valence-electron chi connectivity index (χ4n) is 3.02. The minimum atomic E-state index is -4.87. The average Bonchev–Trinajstić information content (AvgIpc) is 3.18. The molecule has 178 valence electrons. The van der Waals surface area contributed by atoms with E-state index in [0.29, 0.717) is 0 Å². The first-order valence-corrected chi connectivity index (χ1v) is 11.6. The van der Waals surface area contributed by atoms with Crippen LogP contribution < -0.4 is 9.46 Å². The quantitative estimate of drug-likeness (QED) is 0.369. The zero-order valence-electron chi connectivity index (χ0n) is 17.1. The molecule has 0 bridgehead atoms. The maximum atomic E-state index is 13.9. The van der Waals surface area contributed by atoms with Crippen molar-refractivity contribution in [3.63, 3.8) is 0 Å². The summed E-state index contributed by atoms with van der Waals surface area (Å²) in [6.07, 6.45) is -5.25. The van der Waals surface area contributed by atoms with E-state index in [1.54, 1.807) is 12.1 Å². The highest BCUT2D eigenvalue weighted by Crippen LogP contribution is 2.39. The number of anilines is 1. The molecular weight excluding hydrogens is 518 g/mol. The van der Waals surface area contributed by atoms with Crippen LogP contribution in [0.1, 0.15) is 11.7 Å². The predicted octanol–water partition coefficient (Wildman–Crippen LogP) is 5.15. The highest BCUT2D eigenvalue weighted by Gasteiger charge is 2.45. The third-order valence-electron chi connectivity index (χ3n) is 4.53. The summed E-state index contributed by atoms with van der Waals surface area (Å²) in [6, 6.07) is 10.1. The largest absolute Gasteiger partial charge is 0.457 e. The Balaban J connectivity index is 1.83. The fraction of sp³-hybridized carbons (Fsp3) is 0.150. The summed E-state index contributed by atoms with van der Waals surface area (Å²) in [4.78, 5) is 7.81. The molecule has 0 fully saturated rings. The van der Waals surface area contributed by atoms with Crippen LogP contribution in [0.2, 0.25) is 10.0 Å². The minimum absolute atomic E-state index is 0.0284. The second-order valence-electron chi connectivity index (χ2n) is 7.01. The lowest BCUT2D eigenvalue weighted by atomic mass is 10.2. The Bertz CT molecular complexity index is 1480. The van der Waals surface area contributed by atoms with Gasteiger partial charge in [-0.1, -0.05) is 41.4 Å². The fourth-order valence-corrected chi connectivity index (χ4v) is 4.78. The Hall–Kier alpha value is -3.09. The molecule has 2 aromatic heterocycles. The lowest BCUT2D eigenvalue weighted by Crippen LogP contribution is -2.27. The van der Waals surface area contributed by atoms with Gasteiger partial charge >= 0.3 is 6.18 Å². The summed E-state index contributed by atoms with van der Waals surface area (Å²) in [5, 5.41) is 3.45. The summed E-state index contributed by atoms with van der Waals surface area (Å²) in [7, 11) is -2.99. The second kappa shape index (κ2) is 8.93. The number of para-hydroxylation sites is 2. The van der Waals surface area contributed by atoms with Gasteiger partial charge in [0.2, 0.25) is 11.9 Å². The number of nitrogens with one attached hydrogen (secondary N) is 1. The molecule has 34 heavy (non-hydrogen) atoms. The Kier molecular flexibility index (Phi) is 6.32. The van der Waals surface area contributed by atoms with Gasteiger partial charge in [-0.25, -0.2) is 18.4 Å². The van der Waals surface area contributed by atoms with Gasteiger partial charge in [-0.05, 0) is 24.3 Å². The van der Waals surface area contributed by atoms with Gasteiger partial charge in [0.05, 0.1) is 27.3 Å². The third-order valence-corrected chi connectivity index (χ3v) is 6.84. The van der Waals surface area contributed by atoms with Crippen molar-refractivity contribution in [3.05, 3.63) is 70.5 Å². The number of rotatable bonds is 6. The van der Waals surface area contributed by atoms with Crippen LogP contribution in [-0.2, 0) is 17.1 Å². The summed E-state index contributed by atoms with van der Waals surface area (Å²) in [5.74, 6) is -1.25. The highest BCUT2D eigenvalue weighted by atomic mass is 35.5. The zero-order valence-corrected chi connectivity index (χ0v) is 19.4. The molecule has 0 aliphatic rings. The first-order valence-electron chi connectivity index (χ1n) is 9.41. The normalized spacial score (nSPS) is 13.1. The van der Waals surface area contributed by atoms with E-state index < -0.39 is 38.9 Å². The smallest absolute Gasteiger partial charge is 0.429 e. The molecule has 4 aromatic rings. The van der Waals surface area contributed by atoms with Crippen molar-refractivity contribution in [1.29, 1.82) is 0 Å². The molecule has 2 aromatic carbocycles. The van der Waals surface area contributed by atoms with E-state index in [0.717, 1.165) is 12.4 Å². The SMILES string of the molecule is Cn1cc(C(Oc2nc3ccccc3nc2NS(=O)(=O)c2cccc(Cl)c2Cl)C(F)(F)F)cn1. The van der Waals surface area contributed by atoms with Gasteiger partial charge in [0, 0.05) is 18.8 Å². The van der Waals surface area contributed by atoms with Crippen molar-refractivity contribution in [2.24, 2.45) is 7.05 Å².